The van der Waals surface area contributed by atoms with Crippen LogP contribution < -0.4 is 0 Å². The van der Waals surface area contributed by atoms with Crippen molar-refractivity contribution in [2.45, 2.75) is 272 Å². The highest BCUT2D eigenvalue weighted by atomic mass is 16.5. The molecular formula is C44H90O. The molecule has 0 saturated heterocycles. The summed E-state index contributed by atoms with van der Waals surface area (Å²) in [7, 11) is 0. The molecular weight excluding hydrogens is 544 g/mol. The number of rotatable bonds is 38. The SMILES string of the molecule is CCCCCCCCCCCCCCCCCC(C)CC(C)OC(C)CC(C)CCCCCCCCCCCCCCCCC. The first-order valence-corrected chi connectivity index (χ1v) is 21.6. The van der Waals surface area contributed by atoms with Gasteiger partial charge in [-0.1, -0.05) is 233 Å². The molecule has 0 aromatic heterocycles. The molecule has 1 heteroatoms. The molecule has 0 spiro atoms. The molecule has 0 amide bonds. The number of unbranched alkanes of at least 4 members (excludes halogenated alkanes) is 28. The highest BCUT2D eigenvalue weighted by Gasteiger charge is 2.15. The standard InChI is InChI=1S/C44H90O/c1-7-9-11-13-15-17-19-21-23-25-27-29-31-33-35-37-41(3)39-43(5)45-44(6)40-42(4)38-36-34-32-30-28-26-24-22-20-18-16-14-12-10-8-2/h41-44H,7-40H2,1-6H3. The Morgan fingerprint density at radius 1 is 0.289 bits per heavy atom. The Bertz CT molecular complexity index is 483. The van der Waals surface area contributed by atoms with Crippen LogP contribution in [0.2, 0.25) is 0 Å². The summed E-state index contributed by atoms with van der Waals surface area (Å²) < 4.78 is 6.45. The van der Waals surface area contributed by atoms with Crippen LogP contribution in [0.25, 0.3) is 0 Å². The zero-order valence-electron chi connectivity index (χ0n) is 32.8. The van der Waals surface area contributed by atoms with E-state index in [0.717, 1.165) is 11.8 Å². The van der Waals surface area contributed by atoms with E-state index in [4.69, 9.17) is 4.74 Å². The molecule has 0 aromatic rings. The molecule has 0 aliphatic carbocycles. The zero-order valence-corrected chi connectivity index (χ0v) is 32.8. The highest BCUT2D eigenvalue weighted by Crippen LogP contribution is 2.22. The van der Waals surface area contributed by atoms with Crippen molar-refractivity contribution in [2.24, 2.45) is 11.8 Å². The van der Waals surface area contributed by atoms with E-state index < -0.39 is 0 Å². The molecule has 4 unspecified atom stereocenters. The fourth-order valence-electron chi connectivity index (χ4n) is 7.60. The van der Waals surface area contributed by atoms with Crippen LogP contribution in [0.4, 0.5) is 0 Å². The Balaban J connectivity index is 3.48. The molecule has 0 rings (SSSR count). The minimum absolute atomic E-state index is 0.407. The Hall–Kier alpha value is -0.0400. The minimum atomic E-state index is 0.407. The van der Waals surface area contributed by atoms with Crippen LogP contribution in [0.3, 0.4) is 0 Å². The summed E-state index contributed by atoms with van der Waals surface area (Å²) >= 11 is 0. The highest BCUT2D eigenvalue weighted by molar-refractivity contribution is 4.65. The van der Waals surface area contributed by atoms with Crippen LogP contribution in [-0.2, 0) is 4.74 Å². The monoisotopic (exact) mass is 635 g/mol. The second kappa shape index (κ2) is 36.8. The topological polar surface area (TPSA) is 9.23 Å². The molecule has 0 N–H and O–H groups in total. The van der Waals surface area contributed by atoms with E-state index in [0.29, 0.717) is 12.2 Å². The number of hydrogen-bond donors (Lipinski definition) is 0. The van der Waals surface area contributed by atoms with Crippen LogP contribution in [0.1, 0.15) is 260 Å². The van der Waals surface area contributed by atoms with Crippen LogP contribution in [0, 0.1) is 11.8 Å². The Morgan fingerprint density at radius 2 is 0.489 bits per heavy atom. The largest absolute Gasteiger partial charge is 0.376 e. The van der Waals surface area contributed by atoms with Crippen LogP contribution >= 0.6 is 0 Å². The van der Waals surface area contributed by atoms with Gasteiger partial charge >= 0.3 is 0 Å². The zero-order chi connectivity index (χ0) is 33.1. The van der Waals surface area contributed by atoms with Gasteiger partial charge in [0.2, 0.25) is 0 Å². The molecule has 0 fully saturated rings. The molecule has 0 aromatic carbocycles. The lowest BCUT2D eigenvalue weighted by atomic mass is 9.95. The summed E-state index contributed by atoms with van der Waals surface area (Å²) in [5, 5.41) is 0. The fourth-order valence-corrected chi connectivity index (χ4v) is 7.60. The first-order chi connectivity index (χ1) is 22.0. The Labute approximate surface area is 288 Å². The lowest BCUT2D eigenvalue weighted by molar-refractivity contribution is -0.0146. The number of hydrogen-bond acceptors (Lipinski definition) is 1. The smallest absolute Gasteiger partial charge is 0.0553 e. The van der Waals surface area contributed by atoms with Gasteiger partial charge in [-0.05, 0) is 38.5 Å². The summed E-state index contributed by atoms with van der Waals surface area (Å²) in [6.07, 6.45) is 49.6. The van der Waals surface area contributed by atoms with E-state index in [2.05, 4.69) is 41.5 Å². The molecule has 4 atom stereocenters. The molecule has 0 heterocycles. The van der Waals surface area contributed by atoms with Crippen molar-refractivity contribution in [1.82, 2.24) is 0 Å². The normalized spacial score (nSPS) is 14.5. The Kier molecular flexibility index (Phi) is 36.8. The van der Waals surface area contributed by atoms with E-state index in [1.165, 1.54) is 218 Å². The van der Waals surface area contributed by atoms with E-state index in [9.17, 15) is 0 Å². The van der Waals surface area contributed by atoms with E-state index in [-0.39, 0.29) is 0 Å². The summed E-state index contributed by atoms with van der Waals surface area (Å²) in [4.78, 5) is 0. The van der Waals surface area contributed by atoms with Gasteiger partial charge in [-0.25, -0.2) is 0 Å². The van der Waals surface area contributed by atoms with E-state index in [1.54, 1.807) is 0 Å². The third-order valence-electron chi connectivity index (χ3n) is 10.5. The number of ether oxygens (including phenoxy) is 1. The summed E-state index contributed by atoms with van der Waals surface area (Å²) in [5.74, 6) is 1.60. The predicted molar refractivity (Wildman–Crippen MR) is 207 cm³/mol. The molecule has 0 bridgehead atoms. The van der Waals surface area contributed by atoms with Gasteiger partial charge in [-0.3, -0.25) is 0 Å². The third-order valence-corrected chi connectivity index (χ3v) is 10.5. The maximum atomic E-state index is 6.45. The maximum absolute atomic E-state index is 6.45. The van der Waals surface area contributed by atoms with Crippen molar-refractivity contribution in [3.8, 4) is 0 Å². The van der Waals surface area contributed by atoms with Gasteiger partial charge in [-0.2, -0.15) is 0 Å². The van der Waals surface area contributed by atoms with Crippen molar-refractivity contribution >= 4 is 0 Å². The average Bonchev–Trinajstić information content (AvgIpc) is 3.00. The van der Waals surface area contributed by atoms with Gasteiger partial charge in [0, 0.05) is 0 Å². The predicted octanol–water partition coefficient (Wildman–Crippen LogP) is 16.4. The second-order valence-corrected chi connectivity index (χ2v) is 15.9. The minimum Gasteiger partial charge on any atom is -0.376 e. The molecule has 0 aliphatic rings. The summed E-state index contributed by atoms with van der Waals surface area (Å²) in [5.41, 5.74) is 0. The van der Waals surface area contributed by atoms with E-state index in [1.807, 2.05) is 0 Å². The first-order valence-electron chi connectivity index (χ1n) is 21.6. The van der Waals surface area contributed by atoms with Crippen molar-refractivity contribution < 1.29 is 4.74 Å². The van der Waals surface area contributed by atoms with Gasteiger partial charge < -0.3 is 4.74 Å². The van der Waals surface area contributed by atoms with Gasteiger partial charge in [-0.15, -0.1) is 0 Å². The Morgan fingerprint density at radius 3 is 0.711 bits per heavy atom. The van der Waals surface area contributed by atoms with Crippen molar-refractivity contribution in [3.05, 3.63) is 0 Å². The fraction of sp³-hybridized carbons (Fsp3) is 1.00. The van der Waals surface area contributed by atoms with Crippen LogP contribution in [0.15, 0.2) is 0 Å². The van der Waals surface area contributed by atoms with Crippen LogP contribution in [0.5, 0.6) is 0 Å². The van der Waals surface area contributed by atoms with Gasteiger partial charge in [0.25, 0.3) is 0 Å². The summed E-state index contributed by atoms with van der Waals surface area (Å²) in [6.45, 7) is 14.2. The van der Waals surface area contributed by atoms with Crippen molar-refractivity contribution in [2.75, 3.05) is 0 Å². The van der Waals surface area contributed by atoms with Gasteiger partial charge in [0.15, 0.2) is 0 Å². The molecule has 1 nitrogen and oxygen atoms in total. The second-order valence-electron chi connectivity index (χ2n) is 15.9. The average molecular weight is 635 g/mol. The molecule has 45 heavy (non-hydrogen) atoms. The van der Waals surface area contributed by atoms with Crippen molar-refractivity contribution in [1.29, 1.82) is 0 Å². The maximum Gasteiger partial charge on any atom is 0.0553 e. The lowest BCUT2D eigenvalue weighted by Crippen LogP contribution is -2.21. The molecule has 0 radical (unpaired) electrons. The van der Waals surface area contributed by atoms with E-state index >= 15 is 0 Å². The van der Waals surface area contributed by atoms with Crippen LogP contribution in [-0.4, -0.2) is 12.2 Å². The summed E-state index contributed by atoms with van der Waals surface area (Å²) in [6, 6.07) is 0. The third kappa shape index (κ3) is 36.6. The van der Waals surface area contributed by atoms with Gasteiger partial charge in [0.05, 0.1) is 12.2 Å². The molecule has 0 saturated carbocycles. The quantitative estimate of drug-likeness (QED) is 0.0614. The lowest BCUT2D eigenvalue weighted by Gasteiger charge is -2.24. The van der Waals surface area contributed by atoms with Crippen molar-refractivity contribution in [3.63, 3.8) is 0 Å². The molecule has 0 aliphatic heterocycles. The first kappa shape index (κ1) is 45.0. The van der Waals surface area contributed by atoms with Gasteiger partial charge in [0.1, 0.15) is 0 Å². The molecule has 272 valence electrons.